The van der Waals surface area contributed by atoms with Gasteiger partial charge in [0.15, 0.2) is 0 Å². The fourth-order valence-electron chi connectivity index (χ4n) is 2.06. The van der Waals surface area contributed by atoms with Crippen LogP contribution in [0.2, 0.25) is 0 Å². The van der Waals surface area contributed by atoms with Crippen LogP contribution in [0.3, 0.4) is 0 Å². The molecule has 0 unspecified atom stereocenters. The van der Waals surface area contributed by atoms with Gasteiger partial charge in [-0.15, -0.1) is 10.2 Å². The maximum Gasteiger partial charge on any atom is 0.416 e. The quantitative estimate of drug-likeness (QED) is 0.886. The summed E-state index contributed by atoms with van der Waals surface area (Å²) in [5.74, 6) is 1.35. The molecule has 0 saturated carbocycles. The van der Waals surface area contributed by atoms with Crippen molar-refractivity contribution in [2.45, 2.75) is 19.3 Å². The second kappa shape index (κ2) is 4.78. The molecule has 20 heavy (non-hydrogen) atoms. The number of alkyl halides is 3. The van der Waals surface area contributed by atoms with Gasteiger partial charge in [-0.25, -0.2) is 0 Å². The van der Waals surface area contributed by atoms with Crippen molar-refractivity contribution in [1.82, 2.24) is 20.1 Å². The Morgan fingerprint density at radius 1 is 1.15 bits per heavy atom. The largest absolute Gasteiger partial charge is 0.416 e. The molecule has 0 amide bonds. The van der Waals surface area contributed by atoms with E-state index in [9.17, 15) is 13.2 Å². The molecule has 0 atom stereocenters. The molecule has 5 nitrogen and oxygen atoms in total. The first-order valence-corrected chi connectivity index (χ1v) is 6.11. The number of aromatic nitrogens is 3. The normalized spacial score (nSPS) is 14.9. The fourth-order valence-corrected chi connectivity index (χ4v) is 2.06. The number of anilines is 2. The number of fused-ring (bicyclic) bond motifs is 1. The molecule has 1 aliphatic heterocycles. The number of nitrogens with zero attached hydrogens (tertiary/aromatic N) is 3. The minimum Gasteiger partial charge on any atom is -0.324 e. The SMILES string of the molecule is FC(F)(F)c1ccc(Nc2nnc3n2CCNC3)cc1. The van der Waals surface area contributed by atoms with Gasteiger partial charge in [-0.1, -0.05) is 0 Å². The molecule has 1 aromatic carbocycles. The van der Waals surface area contributed by atoms with Crippen molar-refractivity contribution in [2.75, 3.05) is 11.9 Å². The lowest BCUT2D eigenvalue weighted by molar-refractivity contribution is -0.137. The van der Waals surface area contributed by atoms with Crippen LogP contribution in [0.15, 0.2) is 24.3 Å². The Hall–Kier alpha value is -2.09. The van der Waals surface area contributed by atoms with E-state index in [1.807, 2.05) is 4.57 Å². The predicted molar refractivity (Wildman–Crippen MR) is 66.5 cm³/mol. The first kappa shape index (κ1) is 12.9. The van der Waals surface area contributed by atoms with Gasteiger partial charge in [0.25, 0.3) is 0 Å². The van der Waals surface area contributed by atoms with Crippen molar-refractivity contribution in [3.05, 3.63) is 35.7 Å². The average Bonchev–Trinajstić information content (AvgIpc) is 2.82. The Kier molecular flexibility index (Phi) is 3.09. The van der Waals surface area contributed by atoms with E-state index in [-0.39, 0.29) is 0 Å². The van der Waals surface area contributed by atoms with Crippen LogP contribution in [0.25, 0.3) is 0 Å². The summed E-state index contributed by atoms with van der Waals surface area (Å²) < 4.78 is 39.3. The van der Waals surface area contributed by atoms with Crippen LogP contribution in [-0.2, 0) is 19.3 Å². The number of rotatable bonds is 2. The monoisotopic (exact) mass is 283 g/mol. The third-order valence-electron chi connectivity index (χ3n) is 3.09. The molecule has 106 valence electrons. The van der Waals surface area contributed by atoms with Gasteiger partial charge in [0, 0.05) is 18.8 Å². The summed E-state index contributed by atoms with van der Waals surface area (Å²) in [6.45, 7) is 2.18. The lowest BCUT2D eigenvalue weighted by atomic mass is 10.2. The minimum atomic E-state index is -4.32. The third-order valence-corrected chi connectivity index (χ3v) is 3.09. The van der Waals surface area contributed by atoms with E-state index in [0.29, 0.717) is 18.2 Å². The highest BCUT2D eigenvalue weighted by molar-refractivity contribution is 5.54. The number of benzene rings is 1. The minimum absolute atomic E-state index is 0.543. The average molecular weight is 283 g/mol. The highest BCUT2D eigenvalue weighted by Gasteiger charge is 2.30. The third kappa shape index (κ3) is 2.46. The Morgan fingerprint density at radius 3 is 2.60 bits per heavy atom. The van der Waals surface area contributed by atoms with Crippen LogP contribution in [0.1, 0.15) is 11.4 Å². The number of halogens is 3. The van der Waals surface area contributed by atoms with Crippen LogP contribution in [0, 0.1) is 0 Å². The van der Waals surface area contributed by atoms with Crippen LogP contribution >= 0.6 is 0 Å². The van der Waals surface area contributed by atoms with Crippen LogP contribution in [-0.4, -0.2) is 21.3 Å². The summed E-state index contributed by atoms with van der Waals surface area (Å²) >= 11 is 0. The number of nitrogens with one attached hydrogen (secondary N) is 2. The van der Waals surface area contributed by atoms with Gasteiger partial charge in [0.05, 0.1) is 12.1 Å². The van der Waals surface area contributed by atoms with Crippen LogP contribution in [0.4, 0.5) is 24.8 Å². The molecule has 1 aromatic heterocycles. The van der Waals surface area contributed by atoms with Gasteiger partial charge in [0.2, 0.25) is 5.95 Å². The molecule has 3 rings (SSSR count). The molecule has 0 spiro atoms. The summed E-state index contributed by atoms with van der Waals surface area (Å²) in [5, 5.41) is 14.2. The smallest absolute Gasteiger partial charge is 0.324 e. The van der Waals surface area contributed by atoms with Gasteiger partial charge in [-0.2, -0.15) is 13.2 Å². The van der Waals surface area contributed by atoms with Crippen LogP contribution in [0.5, 0.6) is 0 Å². The van der Waals surface area contributed by atoms with Gasteiger partial charge in [-0.05, 0) is 24.3 Å². The highest BCUT2D eigenvalue weighted by Crippen LogP contribution is 2.30. The lowest BCUT2D eigenvalue weighted by Crippen LogP contribution is -2.28. The van der Waals surface area contributed by atoms with E-state index in [0.717, 1.165) is 31.0 Å². The predicted octanol–water partition coefficient (Wildman–Crippen LogP) is 2.14. The molecule has 0 fully saturated rings. The molecule has 0 saturated heterocycles. The standard InChI is InChI=1S/C12H12F3N5/c13-12(14,15)8-1-3-9(4-2-8)17-11-19-18-10-7-16-5-6-20(10)11/h1-4,16H,5-7H2,(H,17,19). The summed E-state index contributed by atoms with van der Waals surface area (Å²) in [6.07, 6.45) is -4.32. The maximum atomic E-state index is 12.5. The first-order valence-electron chi connectivity index (χ1n) is 6.11. The summed E-state index contributed by atoms with van der Waals surface area (Å²) in [7, 11) is 0. The summed E-state index contributed by atoms with van der Waals surface area (Å²) in [5.41, 5.74) is -0.123. The Morgan fingerprint density at radius 2 is 1.90 bits per heavy atom. The molecule has 0 radical (unpaired) electrons. The van der Waals surface area contributed by atoms with Gasteiger partial charge >= 0.3 is 6.18 Å². The Balaban J connectivity index is 1.80. The van der Waals surface area contributed by atoms with Crippen molar-refractivity contribution in [3.8, 4) is 0 Å². The first-order chi connectivity index (χ1) is 9.54. The zero-order chi connectivity index (χ0) is 14.2. The highest BCUT2D eigenvalue weighted by atomic mass is 19.4. The van der Waals surface area contributed by atoms with E-state index in [1.54, 1.807) is 0 Å². The molecular formula is C12H12F3N5. The van der Waals surface area contributed by atoms with Gasteiger partial charge in [0.1, 0.15) is 5.82 Å². The lowest BCUT2D eigenvalue weighted by Gasteiger charge is -2.16. The molecule has 2 heterocycles. The Labute approximate surface area is 112 Å². The van der Waals surface area contributed by atoms with Gasteiger partial charge < -0.3 is 10.6 Å². The maximum absolute atomic E-state index is 12.5. The molecule has 0 aliphatic carbocycles. The fraction of sp³-hybridized carbons (Fsp3) is 0.333. The van der Waals surface area contributed by atoms with E-state index >= 15 is 0 Å². The van der Waals surface area contributed by atoms with Crippen molar-refractivity contribution < 1.29 is 13.2 Å². The van der Waals surface area contributed by atoms with Crippen molar-refractivity contribution in [3.63, 3.8) is 0 Å². The second-order valence-corrected chi connectivity index (χ2v) is 4.47. The second-order valence-electron chi connectivity index (χ2n) is 4.47. The molecule has 8 heteroatoms. The summed E-state index contributed by atoms with van der Waals surface area (Å²) in [6, 6.07) is 4.84. The van der Waals surface area contributed by atoms with Gasteiger partial charge in [-0.3, -0.25) is 4.57 Å². The zero-order valence-corrected chi connectivity index (χ0v) is 10.4. The van der Waals surface area contributed by atoms with Crippen molar-refractivity contribution in [2.24, 2.45) is 0 Å². The number of hydrogen-bond donors (Lipinski definition) is 2. The molecule has 1 aliphatic rings. The molecular weight excluding hydrogens is 271 g/mol. The van der Waals surface area contributed by atoms with E-state index in [4.69, 9.17) is 0 Å². The Bertz CT molecular complexity index is 603. The topological polar surface area (TPSA) is 54.8 Å². The molecule has 0 bridgehead atoms. The van der Waals surface area contributed by atoms with Crippen molar-refractivity contribution in [1.29, 1.82) is 0 Å². The zero-order valence-electron chi connectivity index (χ0n) is 10.4. The number of hydrogen-bond acceptors (Lipinski definition) is 4. The van der Waals surface area contributed by atoms with Crippen molar-refractivity contribution >= 4 is 11.6 Å². The van der Waals surface area contributed by atoms with E-state index in [2.05, 4.69) is 20.8 Å². The van der Waals surface area contributed by atoms with E-state index in [1.165, 1.54) is 12.1 Å². The van der Waals surface area contributed by atoms with E-state index < -0.39 is 11.7 Å². The summed E-state index contributed by atoms with van der Waals surface area (Å²) in [4.78, 5) is 0. The molecule has 2 N–H and O–H groups in total. The molecule has 2 aromatic rings. The van der Waals surface area contributed by atoms with Crippen LogP contribution < -0.4 is 10.6 Å².